The highest BCUT2D eigenvalue weighted by molar-refractivity contribution is 6.99. The van der Waals surface area contributed by atoms with Crippen molar-refractivity contribution in [3.8, 4) is 11.4 Å². The summed E-state index contributed by atoms with van der Waals surface area (Å²) in [5, 5.41) is 4.42. The molecule has 96 valence electrons. The fraction of sp³-hybridized carbons (Fsp3) is 0.214. The van der Waals surface area contributed by atoms with Crippen molar-refractivity contribution in [2.24, 2.45) is 0 Å². The third-order valence-electron chi connectivity index (χ3n) is 2.87. The van der Waals surface area contributed by atoms with Gasteiger partial charge in [-0.3, -0.25) is 0 Å². The molecular formula is C14H14N4S. The summed E-state index contributed by atoms with van der Waals surface area (Å²) >= 11 is 1.21. The maximum absolute atomic E-state index is 4.65. The Balaban J connectivity index is 2.01. The molecule has 0 spiro atoms. The largest absolute Gasteiger partial charge is 0.367 e. The van der Waals surface area contributed by atoms with Crippen molar-refractivity contribution < 1.29 is 0 Å². The van der Waals surface area contributed by atoms with Crippen molar-refractivity contribution in [3.05, 3.63) is 36.4 Å². The van der Waals surface area contributed by atoms with Crippen LogP contribution in [0.3, 0.4) is 0 Å². The third-order valence-corrected chi connectivity index (χ3v) is 3.40. The zero-order valence-corrected chi connectivity index (χ0v) is 11.4. The van der Waals surface area contributed by atoms with Gasteiger partial charge in [0.15, 0.2) is 5.82 Å². The molecule has 0 saturated carbocycles. The number of benzene rings is 1. The Labute approximate surface area is 115 Å². The van der Waals surface area contributed by atoms with Crippen LogP contribution in [0, 0.1) is 0 Å². The van der Waals surface area contributed by atoms with Crippen LogP contribution in [0.15, 0.2) is 36.4 Å². The summed E-state index contributed by atoms with van der Waals surface area (Å²) in [5.74, 6) is 0.828. The number of fused-ring (bicyclic) bond motifs is 1. The Hall–Kier alpha value is -2.01. The number of hydrogen-bond acceptors (Lipinski definition) is 5. The number of rotatable bonds is 4. The van der Waals surface area contributed by atoms with Gasteiger partial charge in [0.25, 0.3) is 0 Å². The van der Waals surface area contributed by atoms with Crippen molar-refractivity contribution in [2.75, 3.05) is 11.9 Å². The minimum Gasteiger partial charge on any atom is -0.367 e. The molecule has 0 aliphatic carbocycles. The Morgan fingerprint density at radius 3 is 2.89 bits per heavy atom. The first kappa shape index (κ1) is 12.0. The normalized spacial score (nSPS) is 10.8. The predicted molar refractivity (Wildman–Crippen MR) is 79.4 cm³/mol. The predicted octanol–water partition coefficient (Wildman–Crippen LogP) is 3.58. The van der Waals surface area contributed by atoms with Crippen LogP contribution in [0.2, 0.25) is 0 Å². The Bertz CT molecular complexity index is 692. The van der Waals surface area contributed by atoms with Gasteiger partial charge in [0.05, 0.1) is 22.9 Å². The zero-order valence-electron chi connectivity index (χ0n) is 10.6. The van der Waals surface area contributed by atoms with Crippen LogP contribution < -0.4 is 5.32 Å². The van der Waals surface area contributed by atoms with Crippen molar-refractivity contribution in [1.82, 2.24) is 13.7 Å². The van der Waals surface area contributed by atoms with E-state index >= 15 is 0 Å². The van der Waals surface area contributed by atoms with Gasteiger partial charge in [0.2, 0.25) is 0 Å². The molecule has 3 rings (SSSR count). The summed E-state index contributed by atoms with van der Waals surface area (Å²) in [6, 6.07) is 12.1. The molecular weight excluding hydrogens is 256 g/mol. The van der Waals surface area contributed by atoms with Gasteiger partial charge in [-0.05, 0) is 18.6 Å². The van der Waals surface area contributed by atoms with Crippen LogP contribution in [-0.4, -0.2) is 20.3 Å². The molecule has 2 aromatic heterocycles. The summed E-state index contributed by atoms with van der Waals surface area (Å²) in [4.78, 5) is 4.65. The third kappa shape index (κ3) is 2.42. The summed E-state index contributed by atoms with van der Waals surface area (Å²) < 4.78 is 8.64. The van der Waals surface area contributed by atoms with Gasteiger partial charge < -0.3 is 5.32 Å². The van der Waals surface area contributed by atoms with Crippen LogP contribution in [-0.2, 0) is 0 Å². The number of anilines is 1. The van der Waals surface area contributed by atoms with Crippen molar-refractivity contribution in [1.29, 1.82) is 0 Å². The van der Waals surface area contributed by atoms with Crippen molar-refractivity contribution in [3.63, 3.8) is 0 Å². The van der Waals surface area contributed by atoms with Crippen molar-refractivity contribution >= 4 is 28.4 Å². The van der Waals surface area contributed by atoms with E-state index in [4.69, 9.17) is 0 Å². The molecule has 0 amide bonds. The molecule has 3 aromatic rings. The van der Waals surface area contributed by atoms with Gasteiger partial charge >= 0.3 is 0 Å². The fourth-order valence-corrected chi connectivity index (χ4v) is 2.45. The topological polar surface area (TPSA) is 50.7 Å². The lowest BCUT2D eigenvalue weighted by molar-refractivity contribution is 0.974. The zero-order chi connectivity index (χ0) is 13.1. The highest BCUT2D eigenvalue weighted by Crippen LogP contribution is 2.26. The highest BCUT2D eigenvalue weighted by atomic mass is 32.1. The second kappa shape index (κ2) is 5.32. The lowest BCUT2D eigenvalue weighted by atomic mass is 10.2. The molecule has 19 heavy (non-hydrogen) atoms. The first-order chi connectivity index (χ1) is 9.38. The number of hydrogen-bond donors (Lipinski definition) is 1. The second-order valence-electron chi connectivity index (χ2n) is 4.28. The lowest BCUT2D eigenvalue weighted by Crippen LogP contribution is -2.01. The van der Waals surface area contributed by atoms with E-state index in [1.165, 1.54) is 11.7 Å². The summed E-state index contributed by atoms with van der Waals surface area (Å²) in [7, 11) is 0. The van der Waals surface area contributed by atoms with Gasteiger partial charge in [-0.15, -0.1) is 0 Å². The average Bonchev–Trinajstić information content (AvgIpc) is 2.93. The smallest absolute Gasteiger partial charge is 0.169 e. The number of pyridine rings is 1. The first-order valence-electron chi connectivity index (χ1n) is 6.31. The summed E-state index contributed by atoms with van der Waals surface area (Å²) in [6.45, 7) is 3.02. The first-order valence-corrected chi connectivity index (χ1v) is 7.04. The molecule has 0 saturated heterocycles. The van der Waals surface area contributed by atoms with Crippen LogP contribution in [0.5, 0.6) is 0 Å². The second-order valence-corrected chi connectivity index (χ2v) is 4.81. The van der Waals surface area contributed by atoms with Gasteiger partial charge in [-0.25, -0.2) is 4.98 Å². The van der Waals surface area contributed by atoms with E-state index < -0.39 is 0 Å². The van der Waals surface area contributed by atoms with Crippen LogP contribution in [0.25, 0.3) is 22.3 Å². The number of aromatic nitrogens is 3. The number of para-hydroxylation sites is 1. The van der Waals surface area contributed by atoms with Gasteiger partial charge in [-0.2, -0.15) is 8.75 Å². The molecule has 0 radical (unpaired) electrons. The standard InChI is InChI=1S/C14H14N4S/c1-2-9-15-14-13(17-19-18-14)12-8-7-10-5-3-4-6-11(10)16-12/h3-8H,2,9H2,1H3,(H,15,18). The van der Waals surface area contributed by atoms with E-state index in [1.807, 2.05) is 24.3 Å². The minimum absolute atomic E-state index is 0.828. The molecule has 0 fully saturated rings. The van der Waals surface area contributed by atoms with E-state index in [-0.39, 0.29) is 0 Å². The lowest BCUT2D eigenvalue weighted by Gasteiger charge is -2.04. The number of nitrogens with zero attached hydrogens (tertiary/aromatic N) is 3. The van der Waals surface area contributed by atoms with E-state index in [9.17, 15) is 0 Å². The fourth-order valence-electron chi connectivity index (χ4n) is 1.91. The highest BCUT2D eigenvalue weighted by Gasteiger charge is 2.11. The Morgan fingerprint density at radius 1 is 1.11 bits per heavy atom. The number of nitrogens with one attached hydrogen (secondary N) is 1. The average molecular weight is 270 g/mol. The molecule has 0 unspecified atom stereocenters. The van der Waals surface area contributed by atoms with Crippen LogP contribution >= 0.6 is 11.7 Å². The quantitative estimate of drug-likeness (QED) is 0.787. The minimum atomic E-state index is 0.828. The summed E-state index contributed by atoms with van der Waals surface area (Å²) in [5.41, 5.74) is 2.68. The molecule has 5 heteroatoms. The van der Waals surface area contributed by atoms with Gasteiger partial charge in [0.1, 0.15) is 5.69 Å². The van der Waals surface area contributed by atoms with E-state index in [1.54, 1.807) is 0 Å². The molecule has 0 aliphatic heterocycles. The molecule has 0 atom stereocenters. The van der Waals surface area contributed by atoms with E-state index in [0.717, 1.165) is 41.1 Å². The molecule has 0 bridgehead atoms. The Kier molecular flexibility index (Phi) is 3.37. The molecule has 2 heterocycles. The SMILES string of the molecule is CCCNc1nsnc1-c1ccc2ccccc2n1. The molecule has 0 aliphatic rings. The van der Waals surface area contributed by atoms with E-state index in [0.29, 0.717) is 0 Å². The maximum Gasteiger partial charge on any atom is 0.169 e. The van der Waals surface area contributed by atoms with Crippen LogP contribution in [0.1, 0.15) is 13.3 Å². The monoisotopic (exact) mass is 270 g/mol. The molecule has 1 aromatic carbocycles. The maximum atomic E-state index is 4.65. The molecule has 4 nitrogen and oxygen atoms in total. The Morgan fingerprint density at radius 2 is 2.00 bits per heavy atom. The summed E-state index contributed by atoms with van der Waals surface area (Å²) in [6.07, 6.45) is 1.06. The van der Waals surface area contributed by atoms with Gasteiger partial charge in [0, 0.05) is 11.9 Å². The van der Waals surface area contributed by atoms with Gasteiger partial charge in [-0.1, -0.05) is 31.2 Å². The van der Waals surface area contributed by atoms with Crippen LogP contribution in [0.4, 0.5) is 5.82 Å². The molecule has 1 N–H and O–H groups in total. The van der Waals surface area contributed by atoms with Crippen molar-refractivity contribution in [2.45, 2.75) is 13.3 Å². The van der Waals surface area contributed by atoms with E-state index in [2.05, 4.69) is 38.1 Å².